The van der Waals surface area contributed by atoms with Gasteiger partial charge in [0.2, 0.25) is 12.7 Å². The van der Waals surface area contributed by atoms with E-state index in [9.17, 15) is 18.0 Å². The third kappa shape index (κ3) is 4.20. The maximum atomic E-state index is 13.0. The van der Waals surface area contributed by atoms with E-state index in [1.165, 1.54) is 24.3 Å². The van der Waals surface area contributed by atoms with Crippen LogP contribution in [0.15, 0.2) is 65.6 Å². The number of hydrogen-bond acceptors (Lipinski definition) is 6. The molecule has 0 atom stereocenters. The standard InChI is InChI=1S/C23H19N3O6S/c27-22-11-15-10-16(6-7-18(15)25-22)33(29,30)26-19-4-2-1-3-17(19)23(28)24-12-14-5-8-20-21(9-14)32-13-31-20/h1-10,26H,11-13H2,(H,24,28)(H,25,27). The first-order chi connectivity index (χ1) is 15.9. The lowest BCUT2D eigenvalue weighted by Crippen LogP contribution is -2.25. The third-order valence-corrected chi connectivity index (χ3v) is 6.68. The predicted molar refractivity (Wildman–Crippen MR) is 120 cm³/mol. The summed E-state index contributed by atoms with van der Waals surface area (Å²) in [6, 6.07) is 16.1. The second kappa shape index (κ2) is 8.14. The average molecular weight is 465 g/mol. The summed E-state index contributed by atoms with van der Waals surface area (Å²) in [7, 11) is -3.98. The minimum Gasteiger partial charge on any atom is -0.454 e. The van der Waals surface area contributed by atoms with Crippen LogP contribution >= 0.6 is 0 Å². The molecule has 33 heavy (non-hydrogen) atoms. The van der Waals surface area contributed by atoms with Crippen molar-refractivity contribution in [1.29, 1.82) is 0 Å². The smallest absolute Gasteiger partial charge is 0.261 e. The number of fused-ring (bicyclic) bond motifs is 2. The van der Waals surface area contributed by atoms with Gasteiger partial charge in [-0.15, -0.1) is 0 Å². The van der Waals surface area contributed by atoms with Crippen LogP contribution in [0.3, 0.4) is 0 Å². The number of anilines is 2. The second-order valence-electron chi connectivity index (χ2n) is 7.57. The Labute approximate surface area is 189 Å². The Balaban J connectivity index is 1.33. The molecule has 2 aliphatic heterocycles. The summed E-state index contributed by atoms with van der Waals surface area (Å²) >= 11 is 0. The highest BCUT2D eigenvalue weighted by atomic mass is 32.2. The van der Waals surface area contributed by atoms with E-state index in [0.717, 1.165) is 5.56 Å². The molecule has 0 aromatic heterocycles. The van der Waals surface area contributed by atoms with Crippen LogP contribution in [0.5, 0.6) is 11.5 Å². The van der Waals surface area contributed by atoms with Crippen LogP contribution < -0.4 is 24.8 Å². The Morgan fingerprint density at radius 2 is 1.82 bits per heavy atom. The summed E-state index contributed by atoms with van der Waals surface area (Å²) in [6.45, 7) is 0.387. The Kier molecular flexibility index (Phi) is 5.14. The zero-order chi connectivity index (χ0) is 23.0. The Morgan fingerprint density at radius 3 is 2.70 bits per heavy atom. The predicted octanol–water partition coefficient (Wildman–Crippen LogP) is 2.64. The van der Waals surface area contributed by atoms with Gasteiger partial charge < -0.3 is 20.1 Å². The van der Waals surface area contributed by atoms with Crippen molar-refractivity contribution in [3.63, 3.8) is 0 Å². The summed E-state index contributed by atoms with van der Waals surface area (Å²) in [6.07, 6.45) is 0.123. The number of nitrogens with one attached hydrogen (secondary N) is 3. The van der Waals surface area contributed by atoms with E-state index >= 15 is 0 Å². The molecule has 0 fully saturated rings. The first-order valence-electron chi connectivity index (χ1n) is 10.1. The average Bonchev–Trinajstić information content (AvgIpc) is 3.41. The van der Waals surface area contributed by atoms with Gasteiger partial charge in [0, 0.05) is 12.2 Å². The normalized spacial score (nSPS) is 13.9. The van der Waals surface area contributed by atoms with E-state index in [4.69, 9.17) is 9.47 Å². The van der Waals surface area contributed by atoms with Gasteiger partial charge in [0.05, 0.1) is 22.6 Å². The fourth-order valence-corrected chi connectivity index (χ4v) is 4.81. The fourth-order valence-electron chi connectivity index (χ4n) is 3.68. The quantitative estimate of drug-likeness (QED) is 0.514. The maximum Gasteiger partial charge on any atom is 0.261 e. The minimum absolute atomic E-state index is 0.00770. The van der Waals surface area contributed by atoms with Gasteiger partial charge in [0.25, 0.3) is 15.9 Å². The number of carbonyl (C=O) groups excluding carboxylic acids is 2. The first-order valence-corrected chi connectivity index (χ1v) is 11.6. The highest BCUT2D eigenvalue weighted by molar-refractivity contribution is 7.92. The van der Waals surface area contributed by atoms with Crippen LogP contribution in [0.25, 0.3) is 0 Å². The van der Waals surface area contributed by atoms with Crippen LogP contribution in [0, 0.1) is 0 Å². The number of rotatable bonds is 6. The zero-order valence-corrected chi connectivity index (χ0v) is 18.1. The van der Waals surface area contributed by atoms with E-state index in [2.05, 4.69) is 15.4 Å². The molecule has 2 heterocycles. The maximum absolute atomic E-state index is 13.0. The number of hydrogen-bond donors (Lipinski definition) is 3. The SMILES string of the molecule is O=C1Cc2cc(S(=O)(=O)Nc3ccccc3C(=O)NCc3ccc4c(c3)OCO4)ccc2N1. The van der Waals surface area contributed by atoms with Gasteiger partial charge in [0.15, 0.2) is 11.5 Å². The Morgan fingerprint density at radius 1 is 1.00 bits per heavy atom. The van der Waals surface area contributed by atoms with Gasteiger partial charge in [-0.3, -0.25) is 14.3 Å². The highest BCUT2D eigenvalue weighted by Crippen LogP contribution is 2.32. The summed E-state index contributed by atoms with van der Waals surface area (Å²) in [5.74, 6) is 0.643. The van der Waals surface area contributed by atoms with Crippen molar-refractivity contribution >= 4 is 33.2 Å². The van der Waals surface area contributed by atoms with Gasteiger partial charge in [-0.2, -0.15) is 0 Å². The summed E-state index contributed by atoms with van der Waals surface area (Å²) in [5, 5.41) is 5.46. The van der Waals surface area contributed by atoms with E-state index in [0.29, 0.717) is 22.7 Å². The first kappa shape index (κ1) is 20.8. The highest BCUT2D eigenvalue weighted by Gasteiger charge is 2.23. The van der Waals surface area contributed by atoms with Crippen LogP contribution in [-0.4, -0.2) is 27.0 Å². The molecule has 0 aliphatic carbocycles. The van der Waals surface area contributed by atoms with Crippen LogP contribution in [-0.2, 0) is 27.8 Å². The molecule has 3 aromatic rings. The lowest BCUT2D eigenvalue weighted by Gasteiger charge is -2.13. The lowest BCUT2D eigenvalue weighted by atomic mass is 10.1. The van der Waals surface area contributed by atoms with Gasteiger partial charge >= 0.3 is 0 Å². The Hall–Kier alpha value is -4.05. The molecule has 9 nitrogen and oxygen atoms in total. The molecule has 0 unspecified atom stereocenters. The molecular weight excluding hydrogens is 446 g/mol. The summed E-state index contributed by atoms with van der Waals surface area (Å²) < 4.78 is 39.1. The van der Waals surface area contributed by atoms with Crippen molar-refractivity contribution < 1.29 is 27.5 Å². The van der Waals surface area contributed by atoms with Crippen molar-refractivity contribution in [1.82, 2.24) is 5.32 Å². The van der Waals surface area contributed by atoms with E-state index in [-0.39, 0.29) is 41.8 Å². The molecule has 0 bridgehead atoms. The zero-order valence-electron chi connectivity index (χ0n) is 17.3. The number of sulfonamides is 1. The lowest BCUT2D eigenvalue weighted by molar-refractivity contribution is -0.115. The third-order valence-electron chi connectivity index (χ3n) is 5.32. The molecule has 2 amide bonds. The molecule has 0 saturated heterocycles. The molecule has 10 heteroatoms. The minimum atomic E-state index is -3.98. The molecule has 0 saturated carbocycles. The van der Waals surface area contributed by atoms with Crippen LogP contribution in [0.2, 0.25) is 0 Å². The molecule has 0 spiro atoms. The van der Waals surface area contributed by atoms with Crippen molar-refractivity contribution in [2.75, 3.05) is 16.8 Å². The second-order valence-corrected chi connectivity index (χ2v) is 9.25. The summed E-state index contributed by atoms with van der Waals surface area (Å²) in [5.41, 5.74) is 2.35. The molecule has 3 aromatic carbocycles. The summed E-state index contributed by atoms with van der Waals surface area (Å²) in [4.78, 5) is 24.4. The van der Waals surface area contributed by atoms with Crippen molar-refractivity contribution in [3.05, 3.63) is 77.4 Å². The van der Waals surface area contributed by atoms with Crippen LogP contribution in [0.1, 0.15) is 21.5 Å². The number of para-hydroxylation sites is 1. The molecule has 168 valence electrons. The monoisotopic (exact) mass is 465 g/mol. The van der Waals surface area contributed by atoms with E-state index < -0.39 is 15.9 Å². The van der Waals surface area contributed by atoms with Gasteiger partial charge in [-0.25, -0.2) is 8.42 Å². The number of ether oxygens (including phenoxy) is 2. The van der Waals surface area contributed by atoms with Crippen molar-refractivity contribution in [3.8, 4) is 11.5 Å². The Bertz CT molecular complexity index is 1390. The van der Waals surface area contributed by atoms with Crippen molar-refractivity contribution in [2.24, 2.45) is 0 Å². The van der Waals surface area contributed by atoms with Gasteiger partial charge in [0.1, 0.15) is 0 Å². The van der Waals surface area contributed by atoms with Gasteiger partial charge in [-0.05, 0) is 53.6 Å². The number of carbonyl (C=O) groups is 2. The molecule has 5 rings (SSSR count). The topological polar surface area (TPSA) is 123 Å². The number of amides is 2. The largest absolute Gasteiger partial charge is 0.454 e. The van der Waals surface area contributed by atoms with E-state index in [1.807, 2.05) is 6.07 Å². The fraction of sp³-hybridized carbons (Fsp3) is 0.130. The molecule has 0 radical (unpaired) electrons. The van der Waals surface area contributed by atoms with Gasteiger partial charge in [-0.1, -0.05) is 18.2 Å². The van der Waals surface area contributed by atoms with Crippen LogP contribution in [0.4, 0.5) is 11.4 Å². The van der Waals surface area contributed by atoms with Crippen molar-refractivity contribution in [2.45, 2.75) is 17.9 Å². The molecular formula is C23H19N3O6S. The molecule has 3 N–H and O–H groups in total. The number of benzene rings is 3. The molecule has 2 aliphatic rings. The van der Waals surface area contributed by atoms with E-state index in [1.54, 1.807) is 30.3 Å².